The number of nitrogens with one attached hydrogen (secondary N) is 1. The molecule has 1 aliphatic heterocycles. The van der Waals surface area contributed by atoms with E-state index in [-0.39, 0.29) is 42.4 Å². The molecule has 6 rings (SSSR count). The fourth-order valence-corrected chi connectivity index (χ4v) is 7.62. The van der Waals surface area contributed by atoms with Gasteiger partial charge in [0.15, 0.2) is 0 Å². The van der Waals surface area contributed by atoms with Crippen molar-refractivity contribution in [2.45, 2.75) is 61.4 Å². The first-order chi connectivity index (χ1) is 17.3. The normalized spacial score (nSPS) is 27.2. The Morgan fingerprint density at radius 3 is 2.16 bits per heavy atom. The maximum atomic E-state index is 13.8. The van der Waals surface area contributed by atoms with Crippen LogP contribution in [0.1, 0.15) is 37.3 Å². The van der Waals surface area contributed by atoms with Gasteiger partial charge in [-0.25, -0.2) is 12.8 Å². The Labute approximate surface area is 227 Å². The molecule has 2 atom stereocenters. The van der Waals surface area contributed by atoms with Gasteiger partial charge in [-0.1, -0.05) is 12.1 Å². The van der Waals surface area contributed by atoms with Gasteiger partial charge in [0, 0.05) is 23.5 Å². The van der Waals surface area contributed by atoms with Crippen LogP contribution in [0.2, 0.25) is 0 Å². The second kappa shape index (κ2) is 9.79. The Balaban J connectivity index is 0.00000336. The minimum Gasteiger partial charge on any atom is -0.367 e. The summed E-state index contributed by atoms with van der Waals surface area (Å²) in [5, 5.41) is 3.55. The van der Waals surface area contributed by atoms with Crippen molar-refractivity contribution in [3.8, 4) is 0 Å². The molecule has 2 aromatic rings. The molecule has 2 aromatic carbocycles. The van der Waals surface area contributed by atoms with E-state index in [9.17, 15) is 26.0 Å². The van der Waals surface area contributed by atoms with Crippen LogP contribution < -0.4 is 5.32 Å². The number of aliphatic imine (C=N–C) groups is 1. The molecule has 0 aromatic heterocycles. The van der Waals surface area contributed by atoms with Crippen LogP contribution in [0.25, 0.3) is 0 Å². The minimum absolute atomic E-state index is 0. The first-order valence-electron chi connectivity index (χ1n) is 12.2. The van der Waals surface area contributed by atoms with Crippen LogP contribution >= 0.6 is 13.5 Å². The summed E-state index contributed by atoms with van der Waals surface area (Å²) in [4.78, 5) is 6.83. The Kier molecular flexibility index (Phi) is 7.44. The largest absolute Gasteiger partial charge is 0.416 e. The summed E-state index contributed by atoms with van der Waals surface area (Å²) in [6, 6.07) is 9.64. The van der Waals surface area contributed by atoms with Crippen molar-refractivity contribution < 1.29 is 26.0 Å². The Hall–Kier alpha value is -2.15. The van der Waals surface area contributed by atoms with Crippen molar-refractivity contribution in [3.05, 3.63) is 65.5 Å². The maximum absolute atomic E-state index is 13.8. The van der Waals surface area contributed by atoms with E-state index in [0.717, 1.165) is 30.1 Å². The Morgan fingerprint density at radius 1 is 1.05 bits per heavy atom. The van der Waals surface area contributed by atoms with Crippen molar-refractivity contribution in [1.29, 1.82) is 0 Å². The van der Waals surface area contributed by atoms with Gasteiger partial charge in [0.25, 0.3) is 0 Å². The van der Waals surface area contributed by atoms with Gasteiger partial charge in [-0.2, -0.15) is 31.0 Å². The van der Waals surface area contributed by atoms with Gasteiger partial charge < -0.3 is 10.2 Å². The molecular formula is C26H32F4N4O2S2. The lowest BCUT2D eigenvalue weighted by Gasteiger charge is -2.72. The summed E-state index contributed by atoms with van der Waals surface area (Å²) < 4.78 is 81.5. The molecule has 0 saturated heterocycles. The van der Waals surface area contributed by atoms with Gasteiger partial charge in [0.2, 0.25) is 10.0 Å². The summed E-state index contributed by atoms with van der Waals surface area (Å²) in [6.07, 6.45) is -2.74. The number of halogens is 4. The standard InChI is InChI=1S/C26H30F4N4O2S.H2S/c1-17(33(2)3)22-12-31-23(32-22)24-14-25(15-24,16-24)34(37(35,36)21-10-8-20(27)9-11-21)13-18-4-6-19(7-5-18)26(28,29)30;/h4-11,17,22H,12-16H2,1-3H3,(H,31,32);1H2/t17?,22-,24?,25?;/m0./s1. The molecule has 1 heterocycles. The summed E-state index contributed by atoms with van der Waals surface area (Å²) in [5.74, 6) is 0.367. The van der Waals surface area contributed by atoms with Crippen LogP contribution in [-0.2, 0) is 22.7 Å². The molecule has 0 spiro atoms. The third-order valence-corrected chi connectivity index (χ3v) is 10.2. The third-order valence-electron chi connectivity index (χ3n) is 8.21. The molecule has 1 N–H and O–H groups in total. The number of sulfonamides is 1. The van der Waals surface area contributed by atoms with Gasteiger partial charge in [-0.3, -0.25) is 4.99 Å². The molecule has 3 aliphatic carbocycles. The fraction of sp³-hybridized carbons (Fsp3) is 0.500. The predicted molar refractivity (Wildman–Crippen MR) is 142 cm³/mol. The molecule has 3 fully saturated rings. The first-order valence-corrected chi connectivity index (χ1v) is 13.6. The summed E-state index contributed by atoms with van der Waals surface area (Å²) in [6.45, 7) is 2.71. The second-order valence-electron chi connectivity index (χ2n) is 10.8. The van der Waals surface area contributed by atoms with Gasteiger partial charge in [0.1, 0.15) is 11.7 Å². The molecular weight excluding hydrogens is 540 g/mol. The number of amidine groups is 1. The van der Waals surface area contributed by atoms with E-state index < -0.39 is 33.1 Å². The van der Waals surface area contributed by atoms with E-state index in [1.165, 1.54) is 28.6 Å². The molecule has 1 unspecified atom stereocenters. The zero-order valence-electron chi connectivity index (χ0n) is 21.4. The lowest BCUT2D eigenvalue weighted by Crippen LogP contribution is -2.78. The van der Waals surface area contributed by atoms with Gasteiger partial charge in [-0.05, 0) is 82.2 Å². The van der Waals surface area contributed by atoms with E-state index in [0.29, 0.717) is 31.4 Å². The number of nitrogens with zero attached hydrogens (tertiary/aromatic N) is 3. The first kappa shape index (κ1) is 28.8. The van der Waals surface area contributed by atoms with Crippen LogP contribution in [-0.4, -0.2) is 61.7 Å². The maximum Gasteiger partial charge on any atom is 0.416 e. The molecule has 6 nitrogen and oxygen atoms in total. The minimum atomic E-state index is -4.48. The highest BCUT2D eigenvalue weighted by Crippen LogP contribution is 2.71. The zero-order chi connectivity index (χ0) is 26.8. The van der Waals surface area contributed by atoms with Gasteiger partial charge in [0.05, 0.1) is 23.0 Å². The quantitative estimate of drug-likeness (QED) is 0.477. The van der Waals surface area contributed by atoms with Crippen LogP contribution in [0.5, 0.6) is 0 Å². The predicted octanol–water partition coefficient (Wildman–Crippen LogP) is 4.39. The third kappa shape index (κ3) is 4.84. The van der Waals surface area contributed by atoms with E-state index in [1.54, 1.807) is 0 Å². The number of alkyl halides is 3. The van der Waals surface area contributed by atoms with Gasteiger partial charge in [-0.15, -0.1) is 0 Å². The lowest BCUT2D eigenvalue weighted by molar-refractivity contribution is -0.151. The highest BCUT2D eigenvalue weighted by molar-refractivity contribution is 7.89. The average molecular weight is 573 g/mol. The second-order valence-corrected chi connectivity index (χ2v) is 12.7. The molecule has 0 amide bonds. The molecule has 4 aliphatic rings. The number of hydrogen-bond donors (Lipinski definition) is 1. The molecule has 12 heteroatoms. The average Bonchev–Trinajstić information content (AvgIpc) is 3.26. The van der Waals surface area contributed by atoms with Crippen LogP contribution in [0.4, 0.5) is 17.6 Å². The summed E-state index contributed by atoms with van der Waals surface area (Å²) >= 11 is 0. The summed E-state index contributed by atoms with van der Waals surface area (Å²) in [7, 11) is -0.0161. The molecule has 38 heavy (non-hydrogen) atoms. The van der Waals surface area contributed by atoms with Crippen molar-refractivity contribution in [2.24, 2.45) is 10.4 Å². The topological polar surface area (TPSA) is 65.0 Å². The smallest absolute Gasteiger partial charge is 0.367 e. The molecule has 0 radical (unpaired) electrons. The molecule has 3 saturated carbocycles. The highest BCUT2D eigenvalue weighted by Gasteiger charge is 2.74. The number of hydrogen-bond acceptors (Lipinski definition) is 5. The van der Waals surface area contributed by atoms with Crippen LogP contribution in [0, 0.1) is 11.2 Å². The number of likely N-dealkylation sites (N-methyl/N-ethyl adjacent to an activating group) is 1. The summed E-state index contributed by atoms with van der Waals surface area (Å²) in [5.41, 5.74) is -1.21. The van der Waals surface area contributed by atoms with E-state index in [1.807, 2.05) is 14.1 Å². The van der Waals surface area contributed by atoms with E-state index in [4.69, 9.17) is 4.99 Å². The van der Waals surface area contributed by atoms with Gasteiger partial charge >= 0.3 is 6.18 Å². The van der Waals surface area contributed by atoms with Crippen molar-refractivity contribution in [1.82, 2.24) is 14.5 Å². The highest BCUT2D eigenvalue weighted by atomic mass is 32.2. The van der Waals surface area contributed by atoms with Crippen molar-refractivity contribution in [2.75, 3.05) is 20.6 Å². The SMILES string of the molecule is CC([C@@H]1CN=C(C23CC(N(Cc4ccc(C(F)(F)F)cc4)S(=O)(=O)c4ccc(F)cc4)(C2)C3)N1)N(C)C.S. The molecule has 208 valence electrons. The van der Waals surface area contributed by atoms with Crippen molar-refractivity contribution in [3.63, 3.8) is 0 Å². The zero-order valence-corrected chi connectivity index (χ0v) is 23.2. The van der Waals surface area contributed by atoms with E-state index in [2.05, 4.69) is 17.1 Å². The molecule has 2 bridgehead atoms. The number of rotatable bonds is 8. The number of benzene rings is 2. The Morgan fingerprint density at radius 2 is 1.63 bits per heavy atom. The van der Waals surface area contributed by atoms with E-state index >= 15 is 0 Å². The van der Waals surface area contributed by atoms with Crippen LogP contribution in [0.3, 0.4) is 0 Å². The lowest BCUT2D eigenvalue weighted by atomic mass is 9.38. The fourth-order valence-electron chi connectivity index (χ4n) is 5.87. The Bertz CT molecular complexity index is 1290. The monoisotopic (exact) mass is 572 g/mol. The van der Waals surface area contributed by atoms with Crippen LogP contribution in [0.15, 0.2) is 58.4 Å². The van der Waals surface area contributed by atoms with Crippen molar-refractivity contribution >= 4 is 29.4 Å².